The van der Waals surface area contributed by atoms with E-state index < -0.39 is 0 Å². The van der Waals surface area contributed by atoms with Crippen molar-refractivity contribution in [3.63, 3.8) is 0 Å². The van der Waals surface area contributed by atoms with Gasteiger partial charge in [0.1, 0.15) is 6.61 Å². The number of methoxy groups -OCH3 is 1. The van der Waals surface area contributed by atoms with Gasteiger partial charge >= 0.3 is 0 Å². The van der Waals surface area contributed by atoms with Crippen molar-refractivity contribution in [1.29, 1.82) is 0 Å². The Balaban J connectivity index is 1.31. The Morgan fingerprint density at radius 2 is 1.93 bits per heavy atom. The summed E-state index contributed by atoms with van der Waals surface area (Å²) in [6, 6.07) is 23.9. The summed E-state index contributed by atoms with van der Waals surface area (Å²) >= 11 is 13.1. The molecule has 3 aromatic carbocycles. The lowest BCUT2D eigenvalue weighted by Crippen LogP contribution is -2.38. The first-order valence-corrected chi connectivity index (χ1v) is 16.3. The van der Waals surface area contributed by atoms with Crippen LogP contribution in [0, 0.1) is 0 Å². The highest BCUT2D eigenvalue weighted by molar-refractivity contribution is 9.10. The Bertz CT molecular complexity index is 2050. The second kappa shape index (κ2) is 11.3. The fourth-order valence-electron chi connectivity index (χ4n) is 5.60. The molecule has 1 atom stereocenters. The summed E-state index contributed by atoms with van der Waals surface area (Å²) in [4.78, 5) is 21.0. The van der Waals surface area contributed by atoms with Gasteiger partial charge in [-0.3, -0.25) is 9.36 Å². The van der Waals surface area contributed by atoms with E-state index in [1.807, 2.05) is 53.1 Å². The number of thiophene rings is 1. The van der Waals surface area contributed by atoms with Crippen molar-refractivity contribution in [2.45, 2.75) is 25.5 Å². The minimum Gasteiger partial charge on any atom is -0.493 e. The van der Waals surface area contributed by atoms with Gasteiger partial charge < -0.3 is 9.47 Å². The Hall–Kier alpha value is -3.43. The number of hydrogen-bond acceptors (Lipinski definition) is 6. The number of thiazole rings is 1. The van der Waals surface area contributed by atoms with Gasteiger partial charge in [-0.25, -0.2) is 4.99 Å². The van der Waals surface area contributed by atoms with E-state index in [1.54, 1.807) is 18.4 Å². The molecule has 42 heavy (non-hydrogen) atoms. The van der Waals surface area contributed by atoms with E-state index >= 15 is 0 Å². The van der Waals surface area contributed by atoms with Crippen molar-refractivity contribution in [3.05, 3.63) is 140 Å². The van der Waals surface area contributed by atoms with Crippen LogP contribution in [0.25, 0.3) is 11.8 Å². The van der Waals surface area contributed by atoms with Gasteiger partial charge in [0.2, 0.25) is 0 Å². The molecule has 7 rings (SSSR count). The lowest BCUT2D eigenvalue weighted by Gasteiger charge is -2.30. The van der Waals surface area contributed by atoms with Gasteiger partial charge in [-0.2, -0.15) is 0 Å². The molecule has 0 spiro atoms. The molecule has 9 heteroatoms. The van der Waals surface area contributed by atoms with Crippen LogP contribution >= 0.6 is 50.2 Å². The van der Waals surface area contributed by atoms with Gasteiger partial charge in [-0.05, 0) is 81.2 Å². The molecule has 5 aromatic rings. The molecule has 0 saturated heterocycles. The Morgan fingerprint density at radius 3 is 2.74 bits per heavy atom. The third-order valence-corrected chi connectivity index (χ3v) is 10.4. The first kappa shape index (κ1) is 27.4. The van der Waals surface area contributed by atoms with E-state index in [4.69, 9.17) is 26.1 Å². The molecule has 210 valence electrons. The summed E-state index contributed by atoms with van der Waals surface area (Å²) < 4.78 is 15.0. The molecule has 2 aromatic heterocycles. The second-order valence-corrected chi connectivity index (χ2v) is 13.3. The fraction of sp³-hybridized carbons (Fsp3) is 0.152. The molecule has 0 fully saturated rings. The predicted molar refractivity (Wildman–Crippen MR) is 174 cm³/mol. The number of halogens is 2. The zero-order valence-corrected chi connectivity index (χ0v) is 26.4. The van der Waals surface area contributed by atoms with Gasteiger partial charge in [-0.1, -0.05) is 71.5 Å². The van der Waals surface area contributed by atoms with E-state index in [0.717, 1.165) is 39.0 Å². The highest BCUT2D eigenvalue weighted by atomic mass is 79.9. The number of ether oxygens (including phenoxy) is 2. The molecule has 0 amide bonds. The fourth-order valence-corrected chi connectivity index (χ4v) is 8.21. The van der Waals surface area contributed by atoms with Gasteiger partial charge in [0.25, 0.3) is 5.56 Å². The van der Waals surface area contributed by atoms with Gasteiger partial charge in [0, 0.05) is 21.0 Å². The number of hydrogen-bond donors (Lipinski definition) is 0. The van der Waals surface area contributed by atoms with Gasteiger partial charge in [0.15, 0.2) is 16.3 Å². The summed E-state index contributed by atoms with van der Waals surface area (Å²) in [6.45, 7) is 0.295. The standard InChI is InChI=1S/C33H24BrClN2O3S2/c1-39-26-16-19(15-24(34)31(26)40-18-21-8-3-5-10-25(21)35)17-28-32(38)37-30(27-11-6-14-41-27)23-13-12-20-7-2-4-9-22(20)29(23)36-33(37)42-28/h2-11,14-17,30H,12-13,18H2,1H3/b28-17-. The van der Waals surface area contributed by atoms with E-state index in [0.29, 0.717) is 32.5 Å². The first-order chi connectivity index (χ1) is 20.5. The highest BCUT2D eigenvalue weighted by Gasteiger charge is 2.33. The number of rotatable bonds is 6. The molecule has 0 saturated carbocycles. The van der Waals surface area contributed by atoms with Crippen LogP contribution in [0.2, 0.25) is 5.02 Å². The van der Waals surface area contributed by atoms with Crippen molar-refractivity contribution < 1.29 is 9.47 Å². The normalized spacial score (nSPS) is 16.0. The molecule has 5 nitrogen and oxygen atoms in total. The molecule has 1 unspecified atom stereocenters. The lowest BCUT2D eigenvalue weighted by molar-refractivity contribution is 0.282. The maximum absolute atomic E-state index is 14.0. The van der Waals surface area contributed by atoms with E-state index in [9.17, 15) is 4.79 Å². The number of aryl methyl sites for hydroxylation is 1. The van der Waals surface area contributed by atoms with Crippen LogP contribution in [0.3, 0.4) is 0 Å². The van der Waals surface area contributed by atoms with E-state index in [1.165, 1.54) is 28.0 Å². The number of fused-ring (bicyclic) bond motifs is 3. The van der Waals surface area contributed by atoms with Crippen LogP contribution in [0.4, 0.5) is 0 Å². The third-order valence-electron chi connectivity index (χ3n) is 7.57. The summed E-state index contributed by atoms with van der Waals surface area (Å²) in [5, 5.41) is 2.71. The van der Waals surface area contributed by atoms with Gasteiger partial charge in [0.05, 0.1) is 27.9 Å². The van der Waals surface area contributed by atoms with Crippen LogP contribution in [0.1, 0.15) is 39.6 Å². The predicted octanol–water partition coefficient (Wildman–Crippen LogP) is 7.38. The topological polar surface area (TPSA) is 52.8 Å². The summed E-state index contributed by atoms with van der Waals surface area (Å²) in [5.41, 5.74) is 6.33. The SMILES string of the molecule is COc1cc(/C=c2\sc3n(c2=O)C(c2cccs2)C2=C(N=3)c3ccccc3CC2)cc(Br)c1OCc1ccccc1Cl. The quantitative estimate of drug-likeness (QED) is 0.189. The molecular formula is C33H24BrClN2O3S2. The average Bonchev–Trinajstić information content (AvgIpc) is 3.64. The number of benzene rings is 3. The smallest absolute Gasteiger partial charge is 0.271 e. The van der Waals surface area contributed by atoms with Crippen molar-refractivity contribution in [1.82, 2.24) is 4.57 Å². The Labute approximate surface area is 263 Å². The number of aromatic nitrogens is 1. The maximum atomic E-state index is 14.0. The average molecular weight is 676 g/mol. The van der Waals surface area contributed by atoms with Crippen molar-refractivity contribution in [2.75, 3.05) is 7.11 Å². The minimum absolute atomic E-state index is 0.0447. The summed E-state index contributed by atoms with van der Waals surface area (Å²) in [5.74, 6) is 1.12. The Kier molecular flexibility index (Phi) is 7.40. The Morgan fingerprint density at radius 1 is 1.10 bits per heavy atom. The largest absolute Gasteiger partial charge is 0.493 e. The first-order valence-electron chi connectivity index (χ1n) is 13.4. The zero-order valence-electron chi connectivity index (χ0n) is 22.5. The lowest BCUT2D eigenvalue weighted by atomic mass is 9.85. The van der Waals surface area contributed by atoms with Crippen molar-refractivity contribution in [2.24, 2.45) is 4.99 Å². The molecule has 2 aliphatic rings. The molecule has 3 heterocycles. The van der Waals surface area contributed by atoms with Crippen molar-refractivity contribution in [3.8, 4) is 11.5 Å². The van der Waals surface area contributed by atoms with Crippen LogP contribution in [0.5, 0.6) is 11.5 Å². The molecule has 0 N–H and O–H groups in total. The van der Waals surface area contributed by atoms with Crippen LogP contribution in [-0.2, 0) is 13.0 Å². The number of allylic oxidation sites excluding steroid dienone is 1. The van der Waals surface area contributed by atoms with Crippen LogP contribution in [-0.4, -0.2) is 11.7 Å². The molecular weight excluding hydrogens is 652 g/mol. The molecule has 1 aliphatic heterocycles. The van der Waals surface area contributed by atoms with Crippen molar-refractivity contribution >= 4 is 62.0 Å². The summed E-state index contributed by atoms with van der Waals surface area (Å²) in [6.07, 6.45) is 3.72. The minimum atomic E-state index is -0.159. The zero-order chi connectivity index (χ0) is 28.8. The monoisotopic (exact) mass is 674 g/mol. The third kappa shape index (κ3) is 4.86. The maximum Gasteiger partial charge on any atom is 0.271 e. The molecule has 0 radical (unpaired) electrons. The van der Waals surface area contributed by atoms with Crippen LogP contribution in [0.15, 0.2) is 98.0 Å². The van der Waals surface area contributed by atoms with Crippen LogP contribution < -0.4 is 24.4 Å². The van der Waals surface area contributed by atoms with E-state index in [-0.39, 0.29) is 11.6 Å². The molecule has 0 bridgehead atoms. The summed E-state index contributed by atoms with van der Waals surface area (Å²) in [7, 11) is 1.60. The number of nitrogens with zero attached hydrogens (tertiary/aromatic N) is 2. The van der Waals surface area contributed by atoms with E-state index in [2.05, 4.69) is 51.6 Å². The van der Waals surface area contributed by atoms with Gasteiger partial charge in [-0.15, -0.1) is 11.3 Å². The molecule has 1 aliphatic carbocycles. The highest BCUT2D eigenvalue weighted by Crippen LogP contribution is 2.42. The second-order valence-electron chi connectivity index (χ2n) is 10.0.